The van der Waals surface area contributed by atoms with Crippen LogP contribution in [0.25, 0.3) is 0 Å². The van der Waals surface area contributed by atoms with Gasteiger partial charge in [-0.2, -0.15) is 0 Å². The van der Waals surface area contributed by atoms with Crippen LogP contribution >= 0.6 is 0 Å². The van der Waals surface area contributed by atoms with Gasteiger partial charge in [0.05, 0.1) is 0 Å². The van der Waals surface area contributed by atoms with Crippen molar-refractivity contribution in [2.45, 2.75) is 119 Å². The molecule has 246 valence electrons. The summed E-state index contributed by atoms with van der Waals surface area (Å²) in [6.07, 6.45) is 14.7. The molecule has 48 heavy (non-hydrogen) atoms. The maximum absolute atomic E-state index is 3.55. The lowest BCUT2D eigenvalue weighted by Gasteiger charge is -2.14. The van der Waals surface area contributed by atoms with Crippen LogP contribution in [0.5, 0.6) is 0 Å². The average Bonchev–Trinajstić information content (AvgIpc) is 3.10. The van der Waals surface area contributed by atoms with Crippen LogP contribution in [0.15, 0.2) is 72.8 Å². The predicted octanol–water partition coefficient (Wildman–Crippen LogP) is 12.0. The lowest BCUT2D eigenvalue weighted by molar-refractivity contribution is 0.717. The minimum Gasteiger partial charge on any atom is -0.0654 e. The minimum absolute atomic E-state index is 1.03. The van der Waals surface area contributed by atoms with Gasteiger partial charge in [-0.1, -0.05) is 131 Å². The third-order valence-corrected chi connectivity index (χ3v) is 9.31. The Bertz CT molecular complexity index is 1560. The van der Waals surface area contributed by atoms with Gasteiger partial charge in [0.15, 0.2) is 0 Å². The number of aryl methyl sites for hydroxylation is 3. The van der Waals surface area contributed by atoms with Gasteiger partial charge in [0.2, 0.25) is 0 Å². The molecule has 0 amide bonds. The summed E-state index contributed by atoms with van der Waals surface area (Å²) in [7, 11) is 0. The van der Waals surface area contributed by atoms with Crippen LogP contribution in [0.2, 0.25) is 0 Å². The third kappa shape index (κ3) is 10.8. The Morgan fingerprint density at radius 3 is 0.812 bits per heavy atom. The van der Waals surface area contributed by atoms with E-state index in [1.54, 1.807) is 0 Å². The van der Waals surface area contributed by atoms with Crippen molar-refractivity contribution in [3.8, 4) is 35.5 Å². The Kier molecular flexibility index (Phi) is 14.7. The average molecular weight is 631 g/mol. The van der Waals surface area contributed by atoms with Crippen molar-refractivity contribution in [2.75, 3.05) is 0 Å². The third-order valence-electron chi connectivity index (χ3n) is 9.31. The van der Waals surface area contributed by atoms with Gasteiger partial charge in [-0.3, -0.25) is 0 Å². The summed E-state index contributed by atoms with van der Waals surface area (Å²) in [5.41, 5.74) is 13.7. The molecule has 0 radical (unpaired) electrons. The zero-order valence-electron chi connectivity index (χ0n) is 30.4. The second-order valence-corrected chi connectivity index (χ2v) is 13.2. The van der Waals surface area contributed by atoms with E-state index in [2.05, 4.69) is 150 Å². The minimum atomic E-state index is 1.03. The molecule has 0 nitrogen and oxygen atoms in total. The second kappa shape index (κ2) is 19.4. The molecular formula is C48H54. The van der Waals surface area contributed by atoms with E-state index in [4.69, 9.17) is 0 Å². The van der Waals surface area contributed by atoms with Gasteiger partial charge in [0, 0.05) is 33.4 Å². The summed E-state index contributed by atoms with van der Waals surface area (Å²) >= 11 is 0. The summed E-state index contributed by atoms with van der Waals surface area (Å²) < 4.78 is 0. The van der Waals surface area contributed by atoms with E-state index in [1.165, 1.54) is 74.5 Å². The van der Waals surface area contributed by atoms with Crippen molar-refractivity contribution in [2.24, 2.45) is 0 Å². The molecule has 0 saturated heterocycles. The zero-order chi connectivity index (χ0) is 34.1. The molecule has 0 aliphatic heterocycles. The first-order chi connectivity index (χ1) is 23.4. The molecular weight excluding hydrogens is 577 g/mol. The van der Waals surface area contributed by atoms with Crippen LogP contribution in [-0.2, 0) is 19.3 Å². The molecule has 0 spiro atoms. The number of hydrogen-bond acceptors (Lipinski definition) is 0. The first-order valence-electron chi connectivity index (χ1n) is 18.4. The van der Waals surface area contributed by atoms with Gasteiger partial charge in [-0.15, -0.1) is 0 Å². The number of rotatable bonds is 12. The van der Waals surface area contributed by atoms with Crippen LogP contribution in [0.3, 0.4) is 0 Å². The normalized spacial score (nSPS) is 10.4. The highest BCUT2D eigenvalue weighted by atomic mass is 14.2. The van der Waals surface area contributed by atoms with E-state index in [1.807, 2.05) is 0 Å². The number of unbranched alkanes of at least 4 members (excludes halogenated alkanes) is 6. The van der Waals surface area contributed by atoms with Crippen molar-refractivity contribution in [1.82, 2.24) is 0 Å². The molecule has 4 aromatic carbocycles. The van der Waals surface area contributed by atoms with Crippen molar-refractivity contribution in [1.29, 1.82) is 0 Å². The summed E-state index contributed by atoms with van der Waals surface area (Å²) in [6.45, 7) is 13.2. The predicted molar refractivity (Wildman–Crippen MR) is 208 cm³/mol. The maximum atomic E-state index is 3.55. The number of hydrogen-bond donors (Lipinski definition) is 0. The highest BCUT2D eigenvalue weighted by Crippen LogP contribution is 2.26. The molecule has 0 N–H and O–H groups in total. The monoisotopic (exact) mass is 630 g/mol. The van der Waals surface area contributed by atoms with E-state index < -0.39 is 0 Å². The quantitative estimate of drug-likeness (QED) is 0.108. The van der Waals surface area contributed by atoms with Crippen LogP contribution < -0.4 is 0 Å². The van der Waals surface area contributed by atoms with Crippen molar-refractivity contribution >= 4 is 0 Å². The molecule has 0 atom stereocenters. The van der Waals surface area contributed by atoms with E-state index >= 15 is 0 Å². The van der Waals surface area contributed by atoms with Crippen LogP contribution in [0.4, 0.5) is 0 Å². The molecule has 0 saturated carbocycles. The van der Waals surface area contributed by atoms with Crippen molar-refractivity contribution in [3.05, 3.63) is 140 Å². The van der Waals surface area contributed by atoms with E-state index in [0.29, 0.717) is 0 Å². The van der Waals surface area contributed by atoms with E-state index in [9.17, 15) is 0 Å². The summed E-state index contributed by atoms with van der Waals surface area (Å²) in [6, 6.07) is 26.3. The lowest BCUT2D eigenvalue weighted by Crippen LogP contribution is -2.02. The standard InChI is InChI=1S/C48H54/c1-7-10-13-16-40-19-25-43(26-20-40)31-34-46-37(4)47(35-32-44-27-21-41(22-28-44)17-14-11-8-2)39(6)48(38(46)5)36-33-45-29-23-42(24-30-45)18-15-12-9-3/h19-30H,7-18H2,1-6H3. The Balaban J connectivity index is 1.70. The van der Waals surface area contributed by atoms with E-state index in [0.717, 1.165) is 69.3 Å². The van der Waals surface area contributed by atoms with Gasteiger partial charge in [-0.25, -0.2) is 0 Å². The lowest BCUT2D eigenvalue weighted by atomic mass is 9.88. The Morgan fingerprint density at radius 2 is 0.583 bits per heavy atom. The molecule has 0 heteroatoms. The van der Waals surface area contributed by atoms with Crippen LogP contribution in [0, 0.1) is 56.3 Å². The highest BCUT2D eigenvalue weighted by Gasteiger charge is 2.14. The van der Waals surface area contributed by atoms with Crippen LogP contribution in [0.1, 0.15) is 145 Å². The summed E-state index contributed by atoms with van der Waals surface area (Å²) in [5.74, 6) is 21.1. The highest BCUT2D eigenvalue weighted by molar-refractivity contribution is 5.67. The van der Waals surface area contributed by atoms with E-state index in [-0.39, 0.29) is 0 Å². The molecule has 4 rings (SSSR count). The molecule has 0 unspecified atom stereocenters. The first kappa shape index (κ1) is 36.4. The topological polar surface area (TPSA) is 0 Å². The van der Waals surface area contributed by atoms with Crippen molar-refractivity contribution < 1.29 is 0 Å². The first-order valence-corrected chi connectivity index (χ1v) is 18.4. The fourth-order valence-electron chi connectivity index (χ4n) is 6.19. The fraction of sp³-hybridized carbons (Fsp3) is 0.375. The Morgan fingerprint density at radius 1 is 0.333 bits per heavy atom. The Labute approximate surface area is 292 Å². The zero-order valence-corrected chi connectivity index (χ0v) is 30.4. The molecule has 0 aromatic heterocycles. The summed E-state index contributed by atoms with van der Waals surface area (Å²) in [5, 5.41) is 0. The van der Waals surface area contributed by atoms with Gasteiger partial charge in [-0.05, 0) is 129 Å². The second-order valence-electron chi connectivity index (χ2n) is 13.2. The molecule has 0 heterocycles. The van der Waals surface area contributed by atoms with Crippen LogP contribution in [-0.4, -0.2) is 0 Å². The summed E-state index contributed by atoms with van der Waals surface area (Å²) in [4.78, 5) is 0. The largest absolute Gasteiger partial charge is 0.0654 e. The van der Waals surface area contributed by atoms with Gasteiger partial charge in [0.25, 0.3) is 0 Å². The molecule has 4 aromatic rings. The molecule has 0 fully saturated rings. The number of benzene rings is 4. The fourth-order valence-corrected chi connectivity index (χ4v) is 6.19. The Hall–Kier alpha value is -4.44. The molecule has 0 aliphatic carbocycles. The van der Waals surface area contributed by atoms with Crippen molar-refractivity contribution in [3.63, 3.8) is 0 Å². The SMILES string of the molecule is CCCCCc1ccc(C#Cc2c(C)c(C#Cc3ccc(CCCCC)cc3)c(C)c(C#Cc3ccc(CCCCC)cc3)c2C)cc1. The maximum Gasteiger partial charge on any atom is 0.0332 e. The smallest absolute Gasteiger partial charge is 0.0332 e. The van der Waals surface area contributed by atoms with Gasteiger partial charge < -0.3 is 0 Å². The van der Waals surface area contributed by atoms with Gasteiger partial charge in [0.1, 0.15) is 0 Å². The van der Waals surface area contributed by atoms with Gasteiger partial charge >= 0.3 is 0 Å². The molecule has 0 aliphatic rings. The molecule has 0 bridgehead atoms.